The van der Waals surface area contributed by atoms with E-state index in [1.807, 2.05) is 36.1 Å². The van der Waals surface area contributed by atoms with Gasteiger partial charge in [-0.25, -0.2) is 4.79 Å². The van der Waals surface area contributed by atoms with Crippen LogP contribution in [0.1, 0.15) is 62.1 Å². The van der Waals surface area contributed by atoms with Gasteiger partial charge in [0.25, 0.3) is 0 Å². The lowest BCUT2D eigenvalue weighted by Crippen LogP contribution is -2.47. The molecule has 2 fully saturated rings. The second-order valence-electron chi connectivity index (χ2n) is 10.8. The van der Waals surface area contributed by atoms with Gasteiger partial charge >= 0.3 is 6.03 Å². The lowest BCUT2D eigenvalue weighted by molar-refractivity contribution is -0.121. The molecule has 1 heterocycles. The average molecular weight is 492 g/mol. The maximum Gasteiger partial charge on any atom is 0.322 e. The van der Waals surface area contributed by atoms with Crippen molar-refractivity contribution in [3.63, 3.8) is 0 Å². The van der Waals surface area contributed by atoms with Crippen molar-refractivity contribution in [2.24, 2.45) is 11.8 Å². The van der Waals surface area contributed by atoms with Crippen molar-refractivity contribution in [3.05, 3.63) is 47.0 Å². The SMILES string of the molecule is COc1cc(NC(=O)C2CCC(N3Cc4c(C)ccc(OC5CC(C)C5)c4NC3=O)CC2)ccc1C. The first kappa shape index (κ1) is 24.5. The van der Waals surface area contributed by atoms with Gasteiger partial charge in [0.1, 0.15) is 11.5 Å². The van der Waals surface area contributed by atoms with Gasteiger partial charge in [0, 0.05) is 29.3 Å². The maximum absolute atomic E-state index is 13.2. The summed E-state index contributed by atoms with van der Waals surface area (Å²) in [6.45, 7) is 6.88. The fraction of sp³-hybridized carbons (Fsp3) is 0.517. The molecule has 36 heavy (non-hydrogen) atoms. The monoisotopic (exact) mass is 491 g/mol. The lowest BCUT2D eigenvalue weighted by atomic mass is 9.84. The first-order valence-electron chi connectivity index (χ1n) is 13.1. The molecule has 7 heteroatoms. The maximum atomic E-state index is 13.2. The molecular formula is C29H37N3O4. The van der Waals surface area contributed by atoms with Gasteiger partial charge in [-0.3, -0.25) is 4.79 Å². The van der Waals surface area contributed by atoms with E-state index in [9.17, 15) is 9.59 Å². The number of nitrogens with zero attached hydrogens (tertiary/aromatic N) is 1. The summed E-state index contributed by atoms with van der Waals surface area (Å²) < 4.78 is 11.6. The number of carbonyl (C=O) groups is 2. The Kier molecular flexibility index (Phi) is 6.82. The second kappa shape index (κ2) is 10.0. The smallest absolute Gasteiger partial charge is 0.322 e. The predicted octanol–water partition coefficient (Wildman–Crippen LogP) is 6.03. The van der Waals surface area contributed by atoms with Crippen LogP contribution in [-0.2, 0) is 11.3 Å². The van der Waals surface area contributed by atoms with Gasteiger partial charge in [0.05, 0.1) is 25.4 Å². The number of ether oxygens (including phenoxy) is 2. The number of fused-ring (bicyclic) bond motifs is 1. The summed E-state index contributed by atoms with van der Waals surface area (Å²) in [7, 11) is 1.63. The van der Waals surface area contributed by atoms with Crippen LogP contribution in [0.4, 0.5) is 16.2 Å². The number of hydrogen-bond donors (Lipinski definition) is 2. The highest BCUT2D eigenvalue weighted by molar-refractivity contribution is 5.95. The zero-order valence-electron chi connectivity index (χ0n) is 21.7. The molecule has 2 saturated carbocycles. The number of carbonyl (C=O) groups excluding carboxylic acids is 2. The minimum Gasteiger partial charge on any atom is -0.496 e. The minimum atomic E-state index is -0.0698. The van der Waals surface area contributed by atoms with Gasteiger partial charge in [-0.05, 0) is 81.5 Å². The van der Waals surface area contributed by atoms with E-state index < -0.39 is 0 Å². The predicted molar refractivity (Wildman–Crippen MR) is 141 cm³/mol. The third-order valence-electron chi connectivity index (χ3n) is 8.14. The molecule has 2 N–H and O–H groups in total. The van der Waals surface area contributed by atoms with E-state index in [1.165, 1.54) is 0 Å². The van der Waals surface area contributed by atoms with Crippen LogP contribution in [0.15, 0.2) is 30.3 Å². The number of aryl methyl sites for hydroxylation is 2. The highest BCUT2D eigenvalue weighted by atomic mass is 16.5. The van der Waals surface area contributed by atoms with E-state index in [-0.39, 0.29) is 30.0 Å². The Morgan fingerprint density at radius 2 is 1.75 bits per heavy atom. The summed E-state index contributed by atoms with van der Waals surface area (Å²) in [4.78, 5) is 28.0. The highest BCUT2D eigenvalue weighted by Crippen LogP contribution is 2.40. The zero-order valence-corrected chi connectivity index (χ0v) is 21.7. The van der Waals surface area contributed by atoms with E-state index in [4.69, 9.17) is 9.47 Å². The van der Waals surface area contributed by atoms with Crippen molar-refractivity contribution < 1.29 is 19.1 Å². The highest BCUT2D eigenvalue weighted by Gasteiger charge is 2.36. The van der Waals surface area contributed by atoms with Crippen molar-refractivity contribution >= 4 is 23.3 Å². The number of rotatable bonds is 6. The Labute approximate surface area is 213 Å². The molecule has 0 radical (unpaired) electrons. The molecule has 2 aromatic rings. The molecule has 0 unspecified atom stereocenters. The molecule has 5 rings (SSSR count). The van der Waals surface area contributed by atoms with Crippen molar-refractivity contribution in [3.8, 4) is 11.5 Å². The summed E-state index contributed by atoms with van der Waals surface area (Å²) in [6.07, 6.45) is 5.52. The van der Waals surface area contributed by atoms with Crippen LogP contribution in [-0.4, -0.2) is 36.1 Å². The van der Waals surface area contributed by atoms with E-state index in [1.54, 1.807) is 7.11 Å². The fourth-order valence-electron chi connectivity index (χ4n) is 5.78. The molecule has 2 aromatic carbocycles. The number of methoxy groups -OCH3 is 1. The van der Waals surface area contributed by atoms with Gasteiger partial charge in [-0.1, -0.05) is 19.1 Å². The molecule has 2 aliphatic carbocycles. The normalized spacial score (nSPS) is 25.3. The van der Waals surface area contributed by atoms with Crippen molar-refractivity contribution in [2.45, 2.75) is 78.0 Å². The van der Waals surface area contributed by atoms with Gasteiger partial charge in [-0.2, -0.15) is 0 Å². The Morgan fingerprint density at radius 3 is 2.44 bits per heavy atom. The van der Waals surface area contributed by atoms with E-state index in [2.05, 4.69) is 30.5 Å². The summed E-state index contributed by atoms with van der Waals surface area (Å²) in [5, 5.41) is 6.18. The van der Waals surface area contributed by atoms with Crippen LogP contribution < -0.4 is 20.1 Å². The van der Waals surface area contributed by atoms with Crippen LogP contribution in [0.2, 0.25) is 0 Å². The van der Waals surface area contributed by atoms with Gasteiger partial charge in [0.2, 0.25) is 5.91 Å². The first-order chi connectivity index (χ1) is 17.3. The Hall–Kier alpha value is -3.22. The molecule has 0 saturated heterocycles. The average Bonchev–Trinajstić information content (AvgIpc) is 2.85. The van der Waals surface area contributed by atoms with Crippen LogP contribution in [0, 0.1) is 25.7 Å². The van der Waals surface area contributed by atoms with Gasteiger partial charge < -0.3 is 25.0 Å². The van der Waals surface area contributed by atoms with E-state index in [0.717, 1.165) is 78.1 Å². The van der Waals surface area contributed by atoms with Gasteiger partial charge in [-0.15, -0.1) is 0 Å². The number of urea groups is 1. The number of benzene rings is 2. The summed E-state index contributed by atoms with van der Waals surface area (Å²) >= 11 is 0. The Bertz CT molecular complexity index is 1150. The number of anilines is 2. The quantitative estimate of drug-likeness (QED) is 0.517. The molecule has 0 bridgehead atoms. The molecule has 0 spiro atoms. The minimum absolute atomic E-state index is 0.0377. The Morgan fingerprint density at radius 1 is 1.03 bits per heavy atom. The third kappa shape index (κ3) is 4.88. The largest absolute Gasteiger partial charge is 0.496 e. The fourth-order valence-corrected chi connectivity index (χ4v) is 5.78. The van der Waals surface area contributed by atoms with E-state index >= 15 is 0 Å². The van der Waals surface area contributed by atoms with Gasteiger partial charge in [0.15, 0.2) is 0 Å². The molecule has 0 aromatic heterocycles. The molecular weight excluding hydrogens is 454 g/mol. The van der Waals surface area contributed by atoms with Crippen molar-refractivity contribution in [1.82, 2.24) is 4.90 Å². The molecule has 3 amide bonds. The standard InChI is InChI=1S/C29H37N3O4/c1-17-13-23(14-17)36-25-12-6-18(2)24-16-32(29(34)31-27(24)25)22-10-7-20(8-11-22)28(33)30-21-9-5-19(3)26(15-21)35-4/h5-6,9,12,15,17,20,22-23H,7-8,10-11,13-14,16H2,1-4H3,(H,30,33)(H,31,34). The van der Waals surface area contributed by atoms with Crippen molar-refractivity contribution in [2.75, 3.05) is 17.7 Å². The number of amides is 3. The molecule has 3 aliphatic rings. The summed E-state index contributed by atoms with van der Waals surface area (Å²) in [5.41, 5.74) is 4.90. The third-order valence-corrected chi connectivity index (χ3v) is 8.14. The molecule has 1 aliphatic heterocycles. The van der Waals surface area contributed by atoms with Crippen LogP contribution >= 0.6 is 0 Å². The Balaban J connectivity index is 1.20. The zero-order chi connectivity index (χ0) is 25.4. The van der Waals surface area contributed by atoms with Crippen LogP contribution in [0.5, 0.6) is 11.5 Å². The lowest BCUT2D eigenvalue weighted by Gasteiger charge is -2.40. The molecule has 7 nitrogen and oxygen atoms in total. The first-order valence-corrected chi connectivity index (χ1v) is 13.1. The number of nitrogens with one attached hydrogen (secondary N) is 2. The number of hydrogen-bond acceptors (Lipinski definition) is 4. The second-order valence-corrected chi connectivity index (χ2v) is 10.8. The molecule has 0 atom stereocenters. The van der Waals surface area contributed by atoms with Crippen LogP contribution in [0.25, 0.3) is 0 Å². The topological polar surface area (TPSA) is 79.9 Å². The van der Waals surface area contributed by atoms with Crippen LogP contribution in [0.3, 0.4) is 0 Å². The summed E-state index contributed by atoms with van der Waals surface area (Å²) in [5.74, 6) is 2.24. The summed E-state index contributed by atoms with van der Waals surface area (Å²) in [6, 6.07) is 9.85. The molecule has 192 valence electrons. The van der Waals surface area contributed by atoms with Crippen molar-refractivity contribution in [1.29, 1.82) is 0 Å². The van der Waals surface area contributed by atoms with E-state index in [0.29, 0.717) is 12.5 Å².